The van der Waals surface area contributed by atoms with Crippen LogP contribution in [0.3, 0.4) is 0 Å². The maximum Gasteiger partial charge on any atom is 0.0352 e. The smallest absolute Gasteiger partial charge is 0.0352 e. The number of nitrogens with two attached hydrogens (primary N) is 1. The van der Waals surface area contributed by atoms with Crippen LogP contribution in [0.2, 0.25) is 0 Å². The first-order valence-electron chi connectivity index (χ1n) is 7.43. The third kappa shape index (κ3) is 6.11. The standard InChI is InChI=1S/C17H29N.H2O/c1-4-5-6-7-8-11-14-17(2,3)15-12-9-10-13-16(15)18;/h9-10,12-13H,4-8,11,14,18H2,1-3H3;1H2. The van der Waals surface area contributed by atoms with Gasteiger partial charge in [0, 0.05) is 5.69 Å². The highest BCUT2D eigenvalue weighted by Crippen LogP contribution is 2.32. The maximum absolute atomic E-state index is 6.08. The molecule has 0 heterocycles. The minimum absolute atomic E-state index is 0. The van der Waals surface area contributed by atoms with Crippen LogP contribution in [-0.4, -0.2) is 5.48 Å². The van der Waals surface area contributed by atoms with Crippen LogP contribution >= 0.6 is 0 Å². The minimum Gasteiger partial charge on any atom is -0.412 e. The Morgan fingerprint density at radius 2 is 1.53 bits per heavy atom. The van der Waals surface area contributed by atoms with Crippen molar-refractivity contribution in [3.8, 4) is 0 Å². The van der Waals surface area contributed by atoms with Gasteiger partial charge in [0.25, 0.3) is 0 Å². The Balaban J connectivity index is 0.00000324. The Bertz CT molecular complexity index is 347. The van der Waals surface area contributed by atoms with Crippen LogP contribution in [0.25, 0.3) is 0 Å². The van der Waals surface area contributed by atoms with Crippen molar-refractivity contribution in [2.45, 2.75) is 71.1 Å². The van der Waals surface area contributed by atoms with E-state index in [1.54, 1.807) is 0 Å². The van der Waals surface area contributed by atoms with Gasteiger partial charge in [-0.25, -0.2) is 0 Å². The lowest BCUT2D eigenvalue weighted by atomic mass is 9.79. The minimum atomic E-state index is 0. The molecule has 0 atom stereocenters. The van der Waals surface area contributed by atoms with Gasteiger partial charge >= 0.3 is 0 Å². The number of anilines is 1. The molecule has 1 aromatic rings. The molecule has 19 heavy (non-hydrogen) atoms. The molecule has 0 spiro atoms. The molecule has 1 rings (SSSR count). The molecule has 0 aliphatic rings. The van der Waals surface area contributed by atoms with Gasteiger partial charge < -0.3 is 11.2 Å². The van der Waals surface area contributed by atoms with Gasteiger partial charge in [-0.1, -0.05) is 77.5 Å². The number of unbranched alkanes of at least 4 members (excludes halogenated alkanes) is 5. The van der Waals surface area contributed by atoms with Gasteiger partial charge in [-0.3, -0.25) is 0 Å². The quantitative estimate of drug-likeness (QED) is 0.547. The van der Waals surface area contributed by atoms with Crippen molar-refractivity contribution in [2.24, 2.45) is 0 Å². The van der Waals surface area contributed by atoms with Crippen LogP contribution in [0.15, 0.2) is 24.3 Å². The average Bonchev–Trinajstić information content (AvgIpc) is 2.34. The summed E-state index contributed by atoms with van der Waals surface area (Å²) in [5, 5.41) is 0. The Kier molecular flexibility index (Phi) is 8.49. The fourth-order valence-corrected chi connectivity index (χ4v) is 2.60. The number of hydrogen-bond donors (Lipinski definition) is 1. The molecule has 0 aromatic heterocycles. The molecule has 1 aromatic carbocycles. The highest BCUT2D eigenvalue weighted by atomic mass is 16.0. The molecule has 0 aliphatic heterocycles. The highest BCUT2D eigenvalue weighted by molar-refractivity contribution is 5.50. The van der Waals surface area contributed by atoms with Gasteiger partial charge in [0.2, 0.25) is 0 Å². The van der Waals surface area contributed by atoms with E-state index in [-0.39, 0.29) is 10.9 Å². The molecule has 110 valence electrons. The van der Waals surface area contributed by atoms with E-state index >= 15 is 0 Å². The number of benzene rings is 1. The van der Waals surface area contributed by atoms with Gasteiger partial charge in [-0.2, -0.15) is 0 Å². The summed E-state index contributed by atoms with van der Waals surface area (Å²) < 4.78 is 0. The first kappa shape index (κ1) is 18.0. The first-order chi connectivity index (χ1) is 8.58. The molecular formula is C17H31NO. The fourth-order valence-electron chi connectivity index (χ4n) is 2.60. The molecule has 0 fully saturated rings. The molecule has 0 unspecified atom stereocenters. The van der Waals surface area contributed by atoms with Crippen molar-refractivity contribution in [3.05, 3.63) is 29.8 Å². The summed E-state index contributed by atoms with van der Waals surface area (Å²) in [5.41, 5.74) is 8.52. The summed E-state index contributed by atoms with van der Waals surface area (Å²) in [6, 6.07) is 8.29. The molecule has 0 radical (unpaired) electrons. The van der Waals surface area contributed by atoms with E-state index in [1.807, 2.05) is 12.1 Å². The second kappa shape index (κ2) is 8.98. The summed E-state index contributed by atoms with van der Waals surface area (Å²) in [6.45, 7) is 6.89. The van der Waals surface area contributed by atoms with Crippen molar-refractivity contribution in [3.63, 3.8) is 0 Å². The van der Waals surface area contributed by atoms with E-state index in [1.165, 1.54) is 50.5 Å². The predicted molar refractivity (Wildman–Crippen MR) is 85.5 cm³/mol. The highest BCUT2D eigenvalue weighted by Gasteiger charge is 2.21. The van der Waals surface area contributed by atoms with Gasteiger partial charge in [-0.15, -0.1) is 0 Å². The fraction of sp³-hybridized carbons (Fsp3) is 0.647. The number of nitrogen functional groups attached to an aromatic ring is 1. The molecule has 2 nitrogen and oxygen atoms in total. The SMILES string of the molecule is CCCCCCCCC(C)(C)c1ccccc1N.O. The topological polar surface area (TPSA) is 57.5 Å². The van der Waals surface area contributed by atoms with E-state index in [0.717, 1.165) is 5.69 Å². The van der Waals surface area contributed by atoms with Crippen LogP contribution in [0.1, 0.15) is 71.3 Å². The summed E-state index contributed by atoms with van der Waals surface area (Å²) in [6.07, 6.45) is 9.38. The Morgan fingerprint density at radius 1 is 0.947 bits per heavy atom. The lowest BCUT2D eigenvalue weighted by Crippen LogP contribution is -2.18. The number of rotatable bonds is 8. The summed E-state index contributed by atoms with van der Waals surface area (Å²) in [7, 11) is 0. The van der Waals surface area contributed by atoms with Crippen LogP contribution < -0.4 is 5.73 Å². The van der Waals surface area contributed by atoms with Crippen molar-refractivity contribution in [1.29, 1.82) is 0 Å². The lowest BCUT2D eigenvalue weighted by molar-refractivity contribution is 0.444. The first-order valence-corrected chi connectivity index (χ1v) is 7.43. The van der Waals surface area contributed by atoms with E-state index in [0.29, 0.717) is 0 Å². The predicted octanol–water partition coefficient (Wildman–Crippen LogP) is 4.47. The maximum atomic E-state index is 6.08. The monoisotopic (exact) mass is 265 g/mol. The van der Waals surface area contributed by atoms with Gasteiger partial charge in [-0.05, 0) is 23.5 Å². The second-order valence-corrected chi connectivity index (χ2v) is 5.99. The number of para-hydroxylation sites is 1. The molecular weight excluding hydrogens is 234 g/mol. The van der Waals surface area contributed by atoms with Crippen molar-refractivity contribution < 1.29 is 5.48 Å². The largest absolute Gasteiger partial charge is 0.412 e. The summed E-state index contributed by atoms with van der Waals surface area (Å²) in [4.78, 5) is 0. The molecule has 0 bridgehead atoms. The third-order valence-corrected chi connectivity index (χ3v) is 3.85. The van der Waals surface area contributed by atoms with Crippen LogP contribution in [0.4, 0.5) is 5.69 Å². The lowest BCUT2D eigenvalue weighted by Gasteiger charge is -2.26. The Labute approximate surface area is 118 Å². The van der Waals surface area contributed by atoms with E-state index < -0.39 is 0 Å². The normalized spacial score (nSPS) is 11.1. The van der Waals surface area contributed by atoms with Crippen molar-refractivity contribution in [2.75, 3.05) is 5.73 Å². The second-order valence-electron chi connectivity index (χ2n) is 5.99. The molecule has 0 saturated carbocycles. The summed E-state index contributed by atoms with van der Waals surface area (Å²) in [5.74, 6) is 0. The molecule has 0 saturated heterocycles. The third-order valence-electron chi connectivity index (χ3n) is 3.85. The van der Waals surface area contributed by atoms with Crippen LogP contribution in [0.5, 0.6) is 0 Å². The van der Waals surface area contributed by atoms with Crippen LogP contribution in [0, 0.1) is 0 Å². The molecule has 2 heteroatoms. The van der Waals surface area contributed by atoms with E-state index in [4.69, 9.17) is 5.73 Å². The Hall–Kier alpha value is -1.02. The van der Waals surface area contributed by atoms with Crippen molar-refractivity contribution in [1.82, 2.24) is 0 Å². The van der Waals surface area contributed by atoms with Crippen molar-refractivity contribution >= 4 is 5.69 Å². The van der Waals surface area contributed by atoms with E-state index in [9.17, 15) is 0 Å². The Morgan fingerprint density at radius 3 is 2.16 bits per heavy atom. The zero-order valence-corrected chi connectivity index (χ0v) is 12.8. The van der Waals surface area contributed by atoms with E-state index in [2.05, 4.69) is 32.9 Å². The molecule has 0 amide bonds. The zero-order chi connectivity index (χ0) is 13.4. The van der Waals surface area contributed by atoms with Gasteiger partial charge in [0.1, 0.15) is 0 Å². The average molecular weight is 265 g/mol. The molecule has 0 aliphatic carbocycles. The summed E-state index contributed by atoms with van der Waals surface area (Å²) >= 11 is 0. The zero-order valence-electron chi connectivity index (χ0n) is 12.8. The van der Waals surface area contributed by atoms with Gasteiger partial charge in [0.05, 0.1) is 0 Å². The van der Waals surface area contributed by atoms with Crippen LogP contribution in [-0.2, 0) is 5.41 Å². The van der Waals surface area contributed by atoms with Gasteiger partial charge in [0.15, 0.2) is 0 Å². The molecule has 4 N–H and O–H groups in total. The number of hydrogen-bond acceptors (Lipinski definition) is 1.